The molecule has 0 radical (unpaired) electrons. The van der Waals surface area contributed by atoms with E-state index >= 15 is 0 Å². The molecule has 31 heavy (non-hydrogen) atoms. The zero-order chi connectivity index (χ0) is 21.8. The number of benzene rings is 1. The lowest BCUT2D eigenvalue weighted by atomic mass is 10.2. The maximum Gasteiger partial charge on any atom is 0.348 e. The van der Waals surface area contributed by atoms with Crippen molar-refractivity contribution in [2.24, 2.45) is 0 Å². The summed E-state index contributed by atoms with van der Waals surface area (Å²) in [5.41, 5.74) is 3.53. The number of carbonyl (C=O) groups excluding carboxylic acids is 1. The lowest BCUT2D eigenvalue weighted by molar-refractivity contribution is -0.113. The summed E-state index contributed by atoms with van der Waals surface area (Å²) in [7, 11) is 0. The number of nitrogens with one attached hydrogen (secondary N) is 1. The van der Waals surface area contributed by atoms with E-state index in [2.05, 4.69) is 15.2 Å². The van der Waals surface area contributed by atoms with Crippen molar-refractivity contribution in [2.75, 3.05) is 43.9 Å². The molecule has 0 unspecified atom stereocenters. The summed E-state index contributed by atoms with van der Waals surface area (Å²) in [6.45, 7) is 6.64. The van der Waals surface area contributed by atoms with Crippen molar-refractivity contribution in [1.29, 1.82) is 0 Å². The van der Waals surface area contributed by atoms with Gasteiger partial charge < -0.3 is 10.1 Å². The summed E-state index contributed by atoms with van der Waals surface area (Å²) >= 11 is 7.46. The standard InChI is InChI=1S/C22H27ClN4O3S/c1-15-17(23)5-3-6-18(15)24-20(28)14-31-21-16-4-2-7-19(16)27(22(29)25-21)9-8-26-10-12-30-13-11-26/h3,5-6H,2,4,7-14H2,1H3,(H,24,28). The van der Waals surface area contributed by atoms with Crippen LogP contribution in [0.5, 0.6) is 0 Å². The molecule has 1 aromatic heterocycles. The van der Waals surface area contributed by atoms with Gasteiger partial charge in [-0.1, -0.05) is 29.4 Å². The van der Waals surface area contributed by atoms with E-state index in [1.807, 2.05) is 23.6 Å². The van der Waals surface area contributed by atoms with Crippen molar-refractivity contribution in [1.82, 2.24) is 14.5 Å². The smallest absolute Gasteiger partial charge is 0.348 e. The summed E-state index contributed by atoms with van der Waals surface area (Å²) in [5, 5.41) is 4.21. The molecular weight excluding hydrogens is 436 g/mol. The number of aromatic nitrogens is 2. The molecule has 1 fully saturated rings. The molecule has 0 atom stereocenters. The maximum atomic E-state index is 12.8. The normalized spacial score (nSPS) is 16.3. The van der Waals surface area contributed by atoms with Crippen LogP contribution in [0.2, 0.25) is 5.02 Å². The van der Waals surface area contributed by atoms with Crippen molar-refractivity contribution in [2.45, 2.75) is 37.8 Å². The Balaban J connectivity index is 1.42. The third-order valence-electron chi connectivity index (χ3n) is 5.83. The van der Waals surface area contributed by atoms with E-state index in [-0.39, 0.29) is 17.3 Å². The van der Waals surface area contributed by atoms with Crippen LogP contribution < -0.4 is 11.0 Å². The fourth-order valence-corrected chi connectivity index (χ4v) is 5.12. The monoisotopic (exact) mass is 462 g/mol. The second-order valence-electron chi connectivity index (χ2n) is 7.83. The zero-order valence-electron chi connectivity index (χ0n) is 17.7. The van der Waals surface area contributed by atoms with Crippen molar-refractivity contribution >= 4 is 35.0 Å². The Morgan fingerprint density at radius 3 is 2.87 bits per heavy atom. The van der Waals surface area contributed by atoms with Crippen molar-refractivity contribution in [3.8, 4) is 0 Å². The molecule has 7 nitrogen and oxygen atoms in total. The molecule has 1 saturated heterocycles. The number of ether oxygens (including phenoxy) is 1. The second kappa shape index (κ2) is 10.2. The molecule has 1 N–H and O–H groups in total. The van der Waals surface area contributed by atoms with Crippen molar-refractivity contribution in [3.05, 3.63) is 50.5 Å². The molecule has 2 aliphatic rings. The average molecular weight is 463 g/mol. The van der Waals surface area contributed by atoms with Gasteiger partial charge in [0.25, 0.3) is 0 Å². The summed E-state index contributed by atoms with van der Waals surface area (Å²) in [4.78, 5) is 31.9. The number of halogens is 1. The minimum Gasteiger partial charge on any atom is -0.379 e. The van der Waals surface area contributed by atoms with Gasteiger partial charge in [0.2, 0.25) is 5.91 Å². The summed E-state index contributed by atoms with van der Waals surface area (Å²) in [5.74, 6) is 0.0585. The second-order valence-corrected chi connectivity index (χ2v) is 9.20. The quantitative estimate of drug-likeness (QED) is 0.503. The van der Waals surface area contributed by atoms with Crippen LogP contribution in [0.3, 0.4) is 0 Å². The number of carbonyl (C=O) groups is 1. The lowest BCUT2D eigenvalue weighted by Gasteiger charge is -2.27. The Labute approximate surface area is 191 Å². The number of thioether (sulfide) groups is 1. The van der Waals surface area contributed by atoms with Crippen molar-refractivity contribution in [3.63, 3.8) is 0 Å². The molecule has 1 aliphatic carbocycles. The predicted molar refractivity (Wildman–Crippen MR) is 123 cm³/mol. The van der Waals surface area contributed by atoms with E-state index < -0.39 is 0 Å². The van der Waals surface area contributed by atoms with Crippen molar-refractivity contribution < 1.29 is 9.53 Å². The Bertz CT molecular complexity index is 1020. The Hall–Kier alpha value is -1.87. The maximum absolute atomic E-state index is 12.8. The van der Waals surface area contributed by atoms with Gasteiger partial charge in [-0.25, -0.2) is 4.79 Å². The zero-order valence-corrected chi connectivity index (χ0v) is 19.2. The van der Waals surface area contributed by atoms with Crippen LogP contribution >= 0.6 is 23.4 Å². The first-order chi connectivity index (χ1) is 15.0. The Morgan fingerprint density at radius 2 is 2.06 bits per heavy atom. The van der Waals surface area contributed by atoms with Crippen LogP contribution in [-0.4, -0.2) is 59.0 Å². The Morgan fingerprint density at radius 1 is 1.26 bits per heavy atom. The minimum absolute atomic E-state index is 0.139. The van der Waals surface area contributed by atoms with Gasteiger partial charge in [-0.2, -0.15) is 4.98 Å². The van der Waals surface area contributed by atoms with Gasteiger partial charge in [0.15, 0.2) is 0 Å². The first kappa shape index (κ1) is 22.3. The van der Waals surface area contributed by atoms with E-state index in [4.69, 9.17) is 16.3 Å². The molecule has 2 aromatic rings. The highest BCUT2D eigenvalue weighted by atomic mass is 35.5. The van der Waals surface area contributed by atoms with Gasteiger partial charge >= 0.3 is 5.69 Å². The van der Waals surface area contributed by atoms with Crippen LogP contribution in [0, 0.1) is 6.92 Å². The van der Waals surface area contributed by atoms with E-state index in [1.54, 1.807) is 6.07 Å². The number of rotatable bonds is 7. The Kier molecular flexibility index (Phi) is 7.32. The molecule has 1 aromatic carbocycles. The molecule has 0 bridgehead atoms. The first-order valence-electron chi connectivity index (χ1n) is 10.6. The SMILES string of the molecule is Cc1c(Cl)cccc1NC(=O)CSc1nc(=O)n(CCN2CCOCC2)c2c1CCC2. The summed E-state index contributed by atoms with van der Waals surface area (Å²) in [6.07, 6.45) is 2.80. The number of morpholine rings is 1. The van der Waals surface area contributed by atoms with Gasteiger partial charge in [-0.05, 0) is 43.9 Å². The van der Waals surface area contributed by atoms with Gasteiger partial charge in [0, 0.05) is 48.1 Å². The van der Waals surface area contributed by atoms with Crippen LogP contribution in [0.15, 0.2) is 28.0 Å². The number of amides is 1. The third-order valence-corrected chi connectivity index (χ3v) is 7.25. The third kappa shape index (κ3) is 5.31. The van der Waals surface area contributed by atoms with Crippen LogP contribution in [0.25, 0.3) is 0 Å². The highest BCUT2D eigenvalue weighted by molar-refractivity contribution is 8.00. The molecule has 2 heterocycles. The number of fused-ring (bicyclic) bond motifs is 1. The predicted octanol–water partition coefficient (Wildman–Crippen LogP) is 2.76. The molecule has 1 aliphatic heterocycles. The fourth-order valence-electron chi connectivity index (χ4n) is 4.07. The number of hydrogen-bond donors (Lipinski definition) is 1. The molecule has 4 rings (SSSR count). The fraction of sp³-hybridized carbons (Fsp3) is 0.500. The van der Waals surface area contributed by atoms with Crippen LogP contribution in [0.4, 0.5) is 5.69 Å². The number of nitrogens with zero attached hydrogens (tertiary/aromatic N) is 3. The molecular formula is C22H27ClN4O3S. The van der Waals surface area contributed by atoms with Gasteiger partial charge in [-0.3, -0.25) is 14.3 Å². The first-order valence-corrected chi connectivity index (χ1v) is 12.0. The van der Waals surface area contributed by atoms with Crippen LogP contribution in [0.1, 0.15) is 23.2 Å². The van der Waals surface area contributed by atoms with Crippen LogP contribution in [-0.2, 0) is 28.9 Å². The number of hydrogen-bond acceptors (Lipinski definition) is 6. The minimum atomic E-state index is -0.220. The topological polar surface area (TPSA) is 76.5 Å². The lowest BCUT2D eigenvalue weighted by Crippen LogP contribution is -2.40. The average Bonchev–Trinajstić information content (AvgIpc) is 3.25. The number of anilines is 1. The largest absolute Gasteiger partial charge is 0.379 e. The van der Waals surface area contributed by atoms with Gasteiger partial charge in [0.05, 0.1) is 19.0 Å². The highest BCUT2D eigenvalue weighted by Gasteiger charge is 2.23. The molecule has 0 spiro atoms. The van der Waals surface area contributed by atoms with E-state index in [1.165, 1.54) is 11.8 Å². The summed E-state index contributed by atoms with van der Waals surface area (Å²) in [6, 6.07) is 5.43. The molecule has 166 valence electrons. The molecule has 0 saturated carbocycles. The molecule has 1 amide bonds. The summed E-state index contributed by atoms with van der Waals surface area (Å²) < 4.78 is 7.23. The van der Waals surface area contributed by atoms with Gasteiger partial charge in [0.1, 0.15) is 5.03 Å². The van der Waals surface area contributed by atoms with E-state index in [9.17, 15) is 9.59 Å². The van der Waals surface area contributed by atoms with Gasteiger partial charge in [-0.15, -0.1) is 0 Å². The highest BCUT2D eigenvalue weighted by Crippen LogP contribution is 2.29. The van der Waals surface area contributed by atoms with E-state index in [0.29, 0.717) is 22.3 Å². The van der Waals surface area contributed by atoms with E-state index in [0.717, 1.165) is 68.9 Å². The molecule has 9 heteroatoms.